The third kappa shape index (κ3) is 45.6. The third-order valence-electron chi connectivity index (χ3n) is 14.8. The monoisotopic (exact) mass is 1450 g/mol. The predicted molar refractivity (Wildman–Crippen MR) is 392 cm³/mol. The number of benzene rings is 3. The molecule has 0 radical (unpaired) electrons. The molecular formula is C68H119BrMgN6O9S3Si3. The van der Waals surface area contributed by atoms with Gasteiger partial charge in [0.25, 0.3) is 0 Å². The summed E-state index contributed by atoms with van der Waals surface area (Å²) in [4.78, 5) is 10.1. The normalized spacial score (nSPS) is 14.3. The molecule has 0 unspecified atom stereocenters. The average molecular weight is 1450 g/mol. The van der Waals surface area contributed by atoms with Gasteiger partial charge in [0.1, 0.15) is 17.3 Å². The summed E-state index contributed by atoms with van der Waals surface area (Å²) in [6, 6.07) is 28.8. The first kappa shape index (κ1) is 97.2. The van der Waals surface area contributed by atoms with Crippen LogP contribution in [0.3, 0.4) is 0 Å². The van der Waals surface area contributed by atoms with Crippen LogP contribution in [0.2, 0.25) is 54.4 Å². The van der Waals surface area contributed by atoms with Gasteiger partial charge in [-0.15, -0.1) is 12.3 Å². The van der Waals surface area contributed by atoms with E-state index in [0.29, 0.717) is 50.2 Å². The summed E-state index contributed by atoms with van der Waals surface area (Å²) in [5, 5.41) is 32.2. The molecule has 0 spiro atoms. The second kappa shape index (κ2) is 47.5. The fourth-order valence-electron chi connectivity index (χ4n) is 5.65. The van der Waals surface area contributed by atoms with Crippen LogP contribution in [0.1, 0.15) is 203 Å². The molecule has 0 aromatic heterocycles. The number of nitrogens with one attached hydrogen (secondary N) is 1. The molecule has 6 N–H and O–H groups in total. The fourth-order valence-corrected chi connectivity index (χ4v) is 10.3. The van der Waals surface area contributed by atoms with Crippen LogP contribution in [0, 0.1) is 41.1 Å². The number of ether oxygens (including phenoxy) is 1. The minimum Gasteiger partial charge on any atom is -1.00 e. The molecule has 23 heteroatoms. The number of nitrogens with two attached hydrogens (primary N) is 2. The fraction of sp³-hybridized carbons (Fsp3) is 0.647. The maximum atomic E-state index is 12.6. The van der Waals surface area contributed by atoms with Crippen molar-refractivity contribution < 1.29 is 57.5 Å². The van der Waals surface area contributed by atoms with Crippen LogP contribution in [-0.2, 0) is 55.8 Å². The molecule has 15 nitrogen and oxygen atoms in total. The van der Waals surface area contributed by atoms with Gasteiger partial charge in [-0.3, -0.25) is 5.14 Å². The number of halogens is 1. The zero-order valence-electron chi connectivity index (χ0n) is 60.3. The number of aliphatic hydroxyl groups is 1. The summed E-state index contributed by atoms with van der Waals surface area (Å²) >= 11 is 0. The Morgan fingerprint density at radius 1 is 0.681 bits per heavy atom. The number of hydrogen-bond acceptors (Lipinski definition) is 12. The summed E-state index contributed by atoms with van der Waals surface area (Å²) in [5.41, 5.74) is 9.73. The Bertz CT molecular complexity index is 2690. The first-order valence-electron chi connectivity index (χ1n) is 30.6. The van der Waals surface area contributed by atoms with Gasteiger partial charge in [-0.1, -0.05) is 92.1 Å². The van der Waals surface area contributed by atoms with Gasteiger partial charge in [-0.25, -0.2) is 17.3 Å². The van der Waals surface area contributed by atoms with Crippen molar-refractivity contribution in [2.45, 2.75) is 244 Å². The Kier molecular flexibility index (Phi) is 50.7. The van der Waals surface area contributed by atoms with Crippen LogP contribution in [0.4, 0.5) is 0 Å². The minimum atomic E-state index is -1.82. The Balaban J connectivity index is -0.000000334. The van der Waals surface area contributed by atoms with E-state index in [-0.39, 0.29) is 88.1 Å². The van der Waals surface area contributed by atoms with E-state index in [1.807, 2.05) is 111 Å². The largest absolute Gasteiger partial charge is 2.00 e. The average Bonchev–Trinajstić information content (AvgIpc) is 1.10. The van der Waals surface area contributed by atoms with Crippen LogP contribution in [0.15, 0.2) is 77.2 Å². The predicted octanol–water partition coefficient (Wildman–Crippen LogP) is 11.8. The zero-order valence-corrected chi connectivity index (χ0v) is 68.8. The van der Waals surface area contributed by atoms with Crippen molar-refractivity contribution in [1.82, 2.24) is 4.72 Å². The molecule has 0 saturated carbocycles. The Hall–Kier alpha value is -2.43. The number of aldehydes is 1. The van der Waals surface area contributed by atoms with Gasteiger partial charge in [0.15, 0.2) is 25.0 Å². The SMILES string of the molecule is C#Cc1c[c-]ccc1.C1CCOC1.CC(C)(C)[S@@](N)=O.CC(C)(C)[S@](=O)N=CCCO[Si](C)(C)C(C)(C)C.CC(C)(C)[S@](=O)N[C@@H](CCO[Si](C)(C)C(C)(C)C)c1cccc(C#N)c1.CC(C)(C)[Si](C)(C)OCCC=O.N#Cc1cccc([C@@H](N)CCO)c1.[Br-].[Mg+2]. The van der Waals surface area contributed by atoms with Gasteiger partial charge >= 0.3 is 23.1 Å². The molecule has 3 aromatic carbocycles. The van der Waals surface area contributed by atoms with Crippen LogP contribution in [-0.4, -0.2) is 132 Å². The summed E-state index contributed by atoms with van der Waals surface area (Å²) < 4.78 is 64.1. The number of terminal acetylenes is 1. The molecule has 0 bridgehead atoms. The second-order valence-corrected chi connectivity index (χ2v) is 49.0. The minimum absolute atomic E-state index is 0. The van der Waals surface area contributed by atoms with Crippen molar-refractivity contribution in [2.75, 3.05) is 39.6 Å². The molecule has 4 rings (SSSR count). The van der Waals surface area contributed by atoms with Crippen molar-refractivity contribution >= 4 is 93.5 Å². The number of rotatable bonds is 19. The van der Waals surface area contributed by atoms with Gasteiger partial charge in [-0.05, 0) is 178 Å². The van der Waals surface area contributed by atoms with Crippen LogP contribution in [0.5, 0.6) is 0 Å². The first-order chi connectivity index (χ1) is 40.6. The van der Waals surface area contributed by atoms with Crippen molar-refractivity contribution in [2.24, 2.45) is 15.3 Å². The molecule has 3 aromatic rings. The van der Waals surface area contributed by atoms with Crippen LogP contribution < -0.4 is 32.6 Å². The summed E-state index contributed by atoms with van der Waals surface area (Å²) in [5.74, 6) is 2.50. The molecule has 0 aliphatic carbocycles. The smallest absolute Gasteiger partial charge is 1.00 e. The van der Waals surface area contributed by atoms with E-state index < -0.39 is 57.9 Å². The maximum Gasteiger partial charge on any atom is 2.00 e. The van der Waals surface area contributed by atoms with Crippen molar-refractivity contribution in [3.05, 3.63) is 107 Å². The molecule has 1 saturated heterocycles. The summed E-state index contributed by atoms with van der Waals surface area (Å²) in [6.07, 6.45) is 12.8. The molecule has 1 heterocycles. The van der Waals surface area contributed by atoms with E-state index in [1.165, 1.54) is 12.8 Å². The van der Waals surface area contributed by atoms with E-state index in [4.69, 9.17) is 45.7 Å². The van der Waals surface area contributed by atoms with E-state index in [2.05, 4.69) is 129 Å². The third-order valence-corrected chi connectivity index (χ3v) is 32.6. The van der Waals surface area contributed by atoms with E-state index in [0.717, 1.165) is 42.6 Å². The van der Waals surface area contributed by atoms with E-state index in [9.17, 15) is 22.7 Å². The molecule has 1 aliphatic heterocycles. The quantitative estimate of drug-likeness (QED) is 0.0218. The van der Waals surface area contributed by atoms with Gasteiger partial charge < -0.3 is 50.6 Å². The van der Waals surface area contributed by atoms with Gasteiger partial charge in [-0.2, -0.15) is 45.3 Å². The molecule has 5 atom stereocenters. The van der Waals surface area contributed by atoms with Gasteiger partial charge in [0.05, 0.1) is 59.5 Å². The van der Waals surface area contributed by atoms with Crippen LogP contribution in [0.25, 0.3) is 0 Å². The number of nitrogens with zero attached hydrogens (tertiary/aromatic N) is 3. The van der Waals surface area contributed by atoms with Gasteiger partial charge in [0.2, 0.25) is 0 Å². The number of aliphatic hydroxyl groups excluding tert-OH is 1. The Labute approximate surface area is 591 Å². The molecule has 0 amide bonds. The van der Waals surface area contributed by atoms with E-state index >= 15 is 0 Å². The first-order valence-corrected chi connectivity index (χ1v) is 42.8. The van der Waals surface area contributed by atoms with Gasteiger partial charge in [0, 0.05) is 70.8 Å². The van der Waals surface area contributed by atoms with Crippen molar-refractivity contribution in [3.63, 3.8) is 0 Å². The summed E-state index contributed by atoms with van der Waals surface area (Å²) in [7, 11) is -8.61. The maximum absolute atomic E-state index is 12.6. The topological polar surface area (TPSA) is 249 Å². The molecule has 1 aliphatic rings. The molecule has 91 heavy (non-hydrogen) atoms. The number of carbonyl (C=O) groups is 1. The Morgan fingerprint density at radius 3 is 1.43 bits per heavy atom. The standard InChI is InChI=1S/C20H34N2O2SSi.C13H29NO2SSi.C10H12N2O.C9H20O2Si.C8H5.C4H11NOS.C4H8O.BrH.Mg/c1-19(2,3)25(23)22-18(17-11-9-10-16(14-17)15-21)12-13-24-26(7,8)20(4,5)6;1-12(2,3)17(15)14-10-9-11-16-18(7,8)13(4,5)6;11-7-8-2-1-3-9(6-8)10(12)4-5-13;1-9(2,3)12(4,5)11-8-6-7-10;1-2-8-6-4-3-5-7-8;1-4(2,3)7(5)6;1-2-4-5-3-1;;/h9-11,14,18,22H,12-13H2,1-8H3;10H,9,11H2,1-8H3;1-3,6,10,13H,4-5,12H2;7H,6,8H2,1-5H3;1,3-4,6-7H;5H2,1-3H3;1-4H2;1H;/q;;;;-1;;;;+2/p-1/t18-,25-;17-;10-;;;7-;;;/m000..0.../s1. The summed E-state index contributed by atoms with van der Waals surface area (Å²) in [6.45, 7) is 54.3. The second-order valence-electron chi connectivity index (χ2n) is 28.8. The van der Waals surface area contributed by atoms with Crippen molar-refractivity contribution in [3.8, 4) is 24.5 Å². The Morgan fingerprint density at radius 2 is 1.10 bits per heavy atom. The molecule has 1 fully saturated rings. The van der Waals surface area contributed by atoms with E-state index in [1.54, 1.807) is 36.5 Å². The zero-order chi connectivity index (χ0) is 69.7. The molecular weight excluding hydrogens is 1330 g/mol. The van der Waals surface area contributed by atoms with Crippen molar-refractivity contribution in [1.29, 1.82) is 10.5 Å². The van der Waals surface area contributed by atoms with Crippen LogP contribution >= 0.6 is 0 Å². The number of carbonyl (C=O) groups excluding carboxylic acids is 1. The molecule has 514 valence electrons. The number of hydrogen-bond donors (Lipinski definition) is 4. The number of nitriles is 2.